The van der Waals surface area contributed by atoms with Crippen molar-refractivity contribution >= 4 is 23.8 Å². The van der Waals surface area contributed by atoms with Crippen LogP contribution in [0.25, 0.3) is 10.9 Å². The van der Waals surface area contributed by atoms with Crippen LogP contribution in [0.1, 0.15) is 42.5 Å². The third-order valence-electron chi connectivity index (χ3n) is 6.28. The van der Waals surface area contributed by atoms with E-state index in [9.17, 15) is 14.4 Å². The molecule has 7 heteroatoms. The molecule has 3 aromatic rings. The van der Waals surface area contributed by atoms with Gasteiger partial charge >= 0.3 is 7.60 Å². The minimum Gasteiger partial charge on any atom is -0.496 e. The number of hydrogen-bond donors (Lipinski definition) is 3. The first kappa shape index (κ1) is 21.1. The number of fused-ring (bicyclic) bond motifs is 1. The molecule has 0 radical (unpaired) electrons. The Balaban J connectivity index is 1.69. The molecule has 0 aliphatic carbocycles. The number of rotatable bonds is 5. The number of nitrogens with zero attached hydrogens (tertiary/aromatic N) is 1. The Kier molecular flexibility index (Phi) is 5.78. The quantitative estimate of drug-likeness (QED) is 0.529. The van der Waals surface area contributed by atoms with Crippen molar-refractivity contribution < 1.29 is 19.1 Å². The van der Waals surface area contributed by atoms with Gasteiger partial charge in [-0.1, -0.05) is 19.1 Å². The third kappa shape index (κ3) is 4.06. The SMILES string of the molecule is COc1cc(C)c2[nH]ccc2c1CN1CC[C@H](C)C[C@@H]1c1ccc(P(=O)(O)O)cc1. The summed E-state index contributed by atoms with van der Waals surface area (Å²) in [7, 11) is -2.51. The Labute approximate surface area is 177 Å². The fourth-order valence-electron chi connectivity index (χ4n) is 4.60. The maximum Gasteiger partial charge on any atom is 0.356 e. The molecule has 160 valence electrons. The van der Waals surface area contributed by atoms with Crippen LogP contribution in [-0.2, 0) is 11.1 Å². The summed E-state index contributed by atoms with van der Waals surface area (Å²) in [6.07, 6.45) is 4.11. The van der Waals surface area contributed by atoms with Crippen LogP contribution in [0.2, 0.25) is 0 Å². The Morgan fingerprint density at radius 1 is 1.23 bits per heavy atom. The second kappa shape index (κ2) is 8.20. The number of H-pyrrole nitrogens is 1. The Morgan fingerprint density at radius 2 is 1.97 bits per heavy atom. The average molecular weight is 428 g/mol. The van der Waals surface area contributed by atoms with Gasteiger partial charge in [0.2, 0.25) is 0 Å². The van der Waals surface area contributed by atoms with Crippen molar-refractivity contribution in [1.82, 2.24) is 9.88 Å². The zero-order chi connectivity index (χ0) is 21.5. The number of aromatic amines is 1. The van der Waals surface area contributed by atoms with E-state index in [0.29, 0.717) is 5.92 Å². The number of ether oxygens (including phenoxy) is 1. The molecular formula is C23H29N2O4P. The predicted octanol–water partition coefficient (Wildman–Crippen LogP) is 4.26. The van der Waals surface area contributed by atoms with Gasteiger partial charge in [-0.15, -0.1) is 0 Å². The van der Waals surface area contributed by atoms with Crippen molar-refractivity contribution in [3.63, 3.8) is 0 Å². The molecule has 0 spiro atoms. The molecule has 1 fully saturated rings. The van der Waals surface area contributed by atoms with E-state index in [1.54, 1.807) is 19.2 Å². The minimum atomic E-state index is -4.23. The fourth-order valence-corrected chi connectivity index (χ4v) is 5.14. The molecule has 2 heterocycles. The Hall–Kier alpha value is -2.11. The van der Waals surface area contributed by atoms with Crippen LogP contribution >= 0.6 is 7.60 Å². The molecule has 4 rings (SSSR count). The van der Waals surface area contributed by atoms with Crippen molar-refractivity contribution in [1.29, 1.82) is 0 Å². The van der Waals surface area contributed by atoms with E-state index in [1.165, 1.54) is 10.9 Å². The van der Waals surface area contributed by atoms with E-state index in [0.717, 1.165) is 48.3 Å². The molecule has 0 saturated carbocycles. The van der Waals surface area contributed by atoms with Gasteiger partial charge in [0.1, 0.15) is 5.75 Å². The molecule has 3 N–H and O–H groups in total. The number of aromatic nitrogens is 1. The van der Waals surface area contributed by atoms with Crippen molar-refractivity contribution in [3.8, 4) is 5.75 Å². The second-order valence-corrected chi connectivity index (χ2v) is 10.00. The summed E-state index contributed by atoms with van der Waals surface area (Å²) in [5.74, 6) is 1.49. The molecule has 0 bridgehead atoms. The van der Waals surface area contributed by atoms with E-state index in [-0.39, 0.29) is 11.3 Å². The first-order valence-corrected chi connectivity index (χ1v) is 11.9. The molecule has 1 saturated heterocycles. The summed E-state index contributed by atoms with van der Waals surface area (Å²) in [6, 6.07) is 11.2. The highest BCUT2D eigenvalue weighted by Crippen LogP contribution is 2.39. The first-order chi connectivity index (χ1) is 14.3. The van der Waals surface area contributed by atoms with Crippen LogP contribution in [0.3, 0.4) is 0 Å². The normalized spacial score (nSPS) is 20.6. The summed E-state index contributed by atoms with van der Waals surface area (Å²) >= 11 is 0. The lowest BCUT2D eigenvalue weighted by Gasteiger charge is -2.39. The topological polar surface area (TPSA) is 85.8 Å². The van der Waals surface area contributed by atoms with E-state index in [4.69, 9.17) is 4.74 Å². The third-order valence-corrected chi connectivity index (χ3v) is 7.25. The van der Waals surface area contributed by atoms with Crippen molar-refractivity contribution in [2.45, 2.75) is 39.3 Å². The number of aryl methyl sites for hydroxylation is 1. The largest absolute Gasteiger partial charge is 0.496 e. The number of methoxy groups -OCH3 is 1. The number of nitrogens with one attached hydrogen (secondary N) is 1. The zero-order valence-corrected chi connectivity index (χ0v) is 18.5. The maximum atomic E-state index is 11.5. The molecule has 2 aromatic carbocycles. The number of benzene rings is 2. The van der Waals surface area contributed by atoms with Crippen molar-refractivity contribution in [3.05, 3.63) is 59.3 Å². The fraction of sp³-hybridized carbons (Fsp3) is 0.391. The van der Waals surface area contributed by atoms with Crippen molar-refractivity contribution in [2.75, 3.05) is 13.7 Å². The lowest BCUT2D eigenvalue weighted by molar-refractivity contribution is 0.110. The Morgan fingerprint density at radius 3 is 2.63 bits per heavy atom. The lowest BCUT2D eigenvalue weighted by Crippen LogP contribution is -2.36. The summed E-state index contributed by atoms with van der Waals surface area (Å²) in [5.41, 5.74) is 4.56. The molecule has 0 unspecified atom stereocenters. The van der Waals surface area contributed by atoms with Gasteiger partial charge in [0, 0.05) is 35.2 Å². The first-order valence-electron chi connectivity index (χ1n) is 10.3. The number of hydrogen-bond acceptors (Lipinski definition) is 3. The highest BCUT2D eigenvalue weighted by atomic mass is 31.2. The van der Waals surface area contributed by atoms with Gasteiger partial charge in [-0.25, -0.2) is 0 Å². The summed E-state index contributed by atoms with van der Waals surface area (Å²) < 4.78 is 17.3. The van der Waals surface area contributed by atoms with Gasteiger partial charge in [0.05, 0.1) is 12.4 Å². The summed E-state index contributed by atoms with van der Waals surface area (Å²) in [6.45, 7) is 6.08. The van der Waals surface area contributed by atoms with Crippen molar-refractivity contribution in [2.24, 2.45) is 5.92 Å². The number of piperidine rings is 1. The van der Waals surface area contributed by atoms with Crippen LogP contribution in [0, 0.1) is 12.8 Å². The smallest absolute Gasteiger partial charge is 0.356 e. The van der Waals surface area contributed by atoms with Gasteiger partial charge < -0.3 is 19.5 Å². The predicted molar refractivity (Wildman–Crippen MR) is 119 cm³/mol. The van der Waals surface area contributed by atoms with Crippen LogP contribution in [-0.4, -0.2) is 33.3 Å². The molecule has 0 amide bonds. The molecule has 6 nitrogen and oxygen atoms in total. The number of likely N-dealkylation sites (tertiary alicyclic amines) is 1. The molecule has 2 atom stereocenters. The molecule has 1 aliphatic heterocycles. The molecule has 30 heavy (non-hydrogen) atoms. The monoisotopic (exact) mass is 428 g/mol. The van der Waals surface area contributed by atoms with E-state index < -0.39 is 7.60 Å². The van der Waals surface area contributed by atoms with Crippen LogP contribution in [0.5, 0.6) is 5.75 Å². The lowest BCUT2D eigenvalue weighted by atomic mass is 9.87. The van der Waals surface area contributed by atoms with E-state index in [1.807, 2.05) is 18.3 Å². The van der Waals surface area contributed by atoms with Crippen LogP contribution < -0.4 is 10.0 Å². The van der Waals surface area contributed by atoms with Gasteiger partial charge in [0.15, 0.2) is 0 Å². The molecule has 1 aliphatic rings. The standard InChI is InChI=1S/C23H29N2O4P/c1-15-9-11-25(21(12-15)17-4-6-18(7-5-17)30(26,27)28)14-20-19-8-10-24-23(19)16(2)13-22(20)29-3/h4-8,10,13,15,21,24H,9,11-12,14H2,1-3H3,(H2,26,27,28)/t15-,21+/m0/s1. The van der Waals surface area contributed by atoms with Crippen LogP contribution in [0.4, 0.5) is 0 Å². The van der Waals surface area contributed by atoms with Gasteiger partial charge in [0.25, 0.3) is 0 Å². The Bertz CT molecular complexity index is 1090. The minimum absolute atomic E-state index is 0.0656. The molecular weight excluding hydrogens is 399 g/mol. The summed E-state index contributed by atoms with van der Waals surface area (Å²) in [4.78, 5) is 24.6. The van der Waals surface area contributed by atoms with E-state index in [2.05, 4.69) is 35.9 Å². The van der Waals surface area contributed by atoms with Gasteiger partial charge in [-0.05, 0) is 67.6 Å². The average Bonchev–Trinajstić information content (AvgIpc) is 3.21. The van der Waals surface area contributed by atoms with Crippen LogP contribution in [0.15, 0.2) is 42.6 Å². The van der Waals surface area contributed by atoms with E-state index >= 15 is 0 Å². The maximum absolute atomic E-state index is 11.5. The van der Waals surface area contributed by atoms with Gasteiger partial charge in [-0.2, -0.15) is 0 Å². The highest BCUT2D eigenvalue weighted by molar-refractivity contribution is 7.60. The zero-order valence-electron chi connectivity index (χ0n) is 17.6. The highest BCUT2D eigenvalue weighted by Gasteiger charge is 2.29. The second-order valence-electron chi connectivity index (χ2n) is 8.39. The summed E-state index contributed by atoms with van der Waals surface area (Å²) in [5, 5.41) is 1.25. The van der Waals surface area contributed by atoms with Gasteiger partial charge in [-0.3, -0.25) is 9.46 Å². The molecule has 1 aromatic heterocycles.